The van der Waals surface area contributed by atoms with Gasteiger partial charge in [0.2, 0.25) is 0 Å². The van der Waals surface area contributed by atoms with E-state index in [4.69, 9.17) is 9.73 Å². The molecule has 3 rings (SSSR count). The summed E-state index contributed by atoms with van der Waals surface area (Å²) in [6.07, 6.45) is 0. The lowest BCUT2D eigenvalue weighted by molar-refractivity contribution is 0.321. The van der Waals surface area contributed by atoms with Gasteiger partial charge in [0.05, 0.1) is 12.6 Å². The van der Waals surface area contributed by atoms with Crippen molar-refractivity contribution in [1.82, 2.24) is 25.4 Å². The van der Waals surface area contributed by atoms with Crippen LogP contribution in [0.15, 0.2) is 59.6 Å². The van der Waals surface area contributed by atoms with Crippen molar-refractivity contribution >= 4 is 5.96 Å². The molecule has 30 heavy (non-hydrogen) atoms. The molecule has 0 aliphatic rings. The topological polar surface area (TPSA) is 76.4 Å². The van der Waals surface area contributed by atoms with E-state index in [0.29, 0.717) is 25.7 Å². The Morgan fingerprint density at radius 1 is 1.07 bits per heavy atom. The Balaban J connectivity index is 1.61. The summed E-state index contributed by atoms with van der Waals surface area (Å²) >= 11 is 0. The van der Waals surface area contributed by atoms with Gasteiger partial charge in [0.15, 0.2) is 11.8 Å². The van der Waals surface area contributed by atoms with Crippen LogP contribution in [0.4, 0.5) is 0 Å². The third-order valence-corrected chi connectivity index (χ3v) is 4.90. The van der Waals surface area contributed by atoms with E-state index < -0.39 is 0 Å². The molecule has 158 valence electrons. The smallest absolute Gasteiger partial charge is 0.192 e. The van der Waals surface area contributed by atoms with Gasteiger partial charge in [-0.3, -0.25) is 0 Å². The summed E-state index contributed by atoms with van der Waals surface area (Å²) < 4.78 is 7.76. The van der Waals surface area contributed by atoms with E-state index in [2.05, 4.69) is 46.8 Å². The Morgan fingerprint density at radius 2 is 1.80 bits per heavy atom. The molecule has 0 amide bonds. The minimum absolute atomic E-state index is 0.108. The van der Waals surface area contributed by atoms with Crippen LogP contribution in [0.2, 0.25) is 0 Å². The van der Waals surface area contributed by atoms with Crippen LogP contribution in [-0.2, 0) is 13.6 Å². The number of guanidine groups is 1. The van der Waals surface area contributed by atoms with E-state index in [0.717, 1.165) is 17.4 Å². The van der Waals surface area contributed by atoms with Crippen molar-refractivity contribution in [2.45, 2.75) is 33.4 Å². The molecule has 2 N–H and O–H groups in total. The molecule has 0 saturated carbocycles. The standard InChI is InChI=1S/C23H30N6O/c1-17-10-12-21(13-11-17)30-15-14-24-23(25-16-22-28-27-19(3)29(22)4)26-18(2)20-8-6-5-7-9-20/h5-13,18H,14-16H2,1-4H3,(H2,24,25,26). The first-order valence-corrected chi connectivity index (χ1v) is 10.2. The molecule has 7 heteroatoms. The van der Waals surface area contributed by atoms with Crippen molar-refractivity contribution in [1.29, 1.82) is 0 Å². The summed E-state index contributed by atoms with van der Waals surface area (Å²) in [5, 5.41) is 15.1. The highest BCUT2D eigenvalue weighted by atomic mass is 16.5. The van der Waals surface area contributed by atoms with Gasteiger partial charge < -0.3 is 19.9 Å². The first-order valence-electron chi connectivity index (χ1n) is 10.2. The number of nitrogens with one attached hydrogen (secondary N) is 2. The number of aliphatic imine (C=N–C) groups is 1. The molecule has 1 unspecified atom stereocenters. The van der Waals surface area contributed by atoms with Crippen molar-refractivity contribution in [2.75, 3.05) is 13.2 Å². The Bertz CT molecular complexity index is 950. The minimum atomic E-state index is 0.108. The van der Waals surface area contributed by atoms with Crippen LogP contribution in [-0.4, -0.2) is 33.9 Å². The van der Waals surface area contributed by atoms with E-state index >= 15 is 0 Å². The monoisotopic (exact) mass is 406 g/mol. The molecular formula is C23H30N6O. The number of ether oxygens (including phenoxy) is 1. The summed E-state index contributed by atoms with van der Waals surface area (Å²) in [4.78, 5) is 4.71. The van der Waals surface area contributed by atoms with Crippen molar-refractivity contribution in [3.05, 3.63) is 77.4 Å². The lowest BCUT2D eigenvalue weighted by Gasteiger charge is -2.19. The van der Waals surface area contributed by atoms with Crippen LogP contribution < -0.4 is 15.4 Å². The van der Waals surface area contributed by atoms with E-state index in [-0.39, 0.29) is 6.04 Å². The molecule has 2 aromatic carbocycles. The molecule has 0 aliphatic heterocycles. The highest BCUT2D eigenvalue weighted by Gasteiger charge is 2.09. The molecular weight excluding hydrogens is 376 g/mol. The van der Waals surface area contributed by atoms with Crippen LogP contribution in [0.3, 0.4) is 0 Å². The van der Waals surface area contributed by atoms with Crippen molar-refractivity contribution in [2.24, 2.45) is 12.0 Å². The van der Waals surface area contributed by atoms with Gasteiger partial charge in [-0.2, -0.15) is 0 Å². The van der Waals surface area contributed by atoms with Crippen LogP contribution in [0.25, 0.3) is 0 Å². The first-order chi connectivity index (χ1) is 14.5. The van der Waals surface area contributed by atoms with Crippen LogP contribution in [0.5, 0.6) is 5.75 Å². The fraction of sp³-hybridized carbons (Fsp3) is 0.348. The predicted molar refractivity (Wildman–Crippen MR) is 120 cm³/mol. The first kappa shape index (κ1) is 21.4. The number of aryl methyl sites for hydroxylation is 2. The predicted octanol–water partition coefficient (Wildman–Crippen LogP) is 3.31. The van der Waals surface area contributed by atoms with Crippen LogP contribution in [0, 0.1) is 13.8 Å². The second kappa shape index (κ2) is 10.4. The molecule has 0 saturated heterocycles. The molecule has 0 fully saturated rings. The molecule has 7 nitrogen and oxygen atoms in total. The minimum Gasteiger partial charge on any atom is -0.492 e. The lowest BCUT2D eigenvalue weighted by Crippen LogP contribution is -2.40. The third kappa shape index (κ3) is 6.07. The fourth-order valence-electron chi connectivity index (χ4n) is 2.89. The van der Waals surface area contributed by atoms with Gasteiger partial charge in [0.1, 0.15) is 24.7 Å². The van der Waals surface area contributed by atoms with Gasteiger partial charge >= 0.3 is 0 Å². The normalized spacial score (nSPS) is 12.5. The van der Waals surface area contributed by atoms with Crippen molar-refractivity contribution in [3.8, 4) is 5.75 Å². The summed E-state index contributed by atoms with van der Waals surface area (Å²) in [6, 6.07) is 18.4. The van der Waals surface area contributed by atoms with Gasteiger partial charge in [0.25, 0.3) is 0 Å². The number of benzene rings is 2. The van der Waals surface area contributed by atoms with Gasteiger partial charge in [-0.15, -0.1) is 10.2 Å². The van der Waals surface area contributed by atoms with E-state index in [1.165, 1.54) is 11.1 Å². The molecule has 3 aromatic rings. The zero-order valence-corrected chi connectivity index (χ0v) is 18.1. The molecule has 1 heterocycles. The number of nitrogens with zero attached hydrogens (tertiary/aromatic N) is 4. The zero-order chi connectivity index (χ0) is 21.3. The Hall–Kier alpha value is -3.35. The maximum Gasteiger partial charge on any atom is 0.192 e. The largest absolute Gasteiger partial charge is 0.492 e. The average molecular weight is 407 g/mol. The Labute approximate surface area is 178 Å². The molecule has 0 aliphatic carbocycles. The number of hydrogen-bond donors (Lipinski definition) is 2. The van der Waals surface area contributed by atoms with Crippen molar-refractivity contribution in [3.63, 3.8) is 0 Å². The van der Waals surface area contributed by atoms with E-state index in [9.17, 15) is 0 Å². The number of aromatic nitrogens is 3. The summed E-state index contributed by atoms with van der Waals surface area (Å²) in [7, 11) is 1.95. The lowest BCUT2D eigenvalue weighted by atomic mass is 10.1. The SMILES string of the molecule is Cc1ccc(OCCNC(=NCc2nnc(C)n2C)NC(C)c2ccccc2)cc1. The summed E-state index contributed by atoms with van der Waals surface area (Å²) in [6.45, 7) is 7.70. The van der Waals surface area contributed by atoms with Crippen molar-refractivity contribution < 1.29 is 4.74 Å². The number of hydrogen-bond acceptors (Lipinski definition) is 4. The summed E-state index contributed by atoms with van der Waals surface area (Å²) in [5.41, 5.74) is 2.41. The second-order valence-electron chi connectivity index (χ2n) is 7.25. The Kier molecular flexibility index (Phi) is 7.43. The molecule has 0 spiro atoms. The molecule has 0 radical (unpaired) electrons. The molecule has 1 atom stereocenters. The highest BCUT2D eigenvalue weighted by molar-refractivity contribution is 5.80. The van der Waals surface area contributed by atoms with Gasteiger partial charge in [-0.1, -0.05) is 48.0 Å². The third-order valence-electron chi connectivity index (χ3n) is 4.90. The van der Waals surface area contributed by atoms with E-state index in [1.807, 2.05) is 61.0 Å². The maximum atomic E-state index is 5.81. The zero-order valence-electron chi connectivity index (χ0n) is 18.1. The quantitative estimate of drug-likeness (QED) is 0.341. The van der Waals surface area contributed by atoms with Gasteiger partial charge in [0, 0.05) is 7.05 Å². The van der Waals surface area contributed by atoms with Gasteiger partial charge in [-0.25, -0.2) is 4.99 Å². The molecule has 0 bridgehead atoms. The fourth-order valence-corrected chi connectivity index (χ4v) is 2.89. The highest BCUT2D eigenvalue weighted by Crippen LogP contribution is 2.12. The maximum absolute atomic E-state index is 5.81. The Morgan fingerprint density at radius 3 is 2.47 bits per heavy atom. The molecule has 1 aromatic heterocycles. The second-order valence-corrected chi connectivity index (χ2v) is 7.25. The average Bonchev–Trinajstić information content (AvgIpc) is 3.08. The van der Waals surface area contributed by atoms with Crippen LogP contribution in [0.1, 0.15) is 35.7 Å². The van der Waals surface area contributed by atoms with E-state index in [1.54, 1.807) is 0 Å². The number of rotatable bonds is 8. The van der Waals surface area contributed by atoms with Gasteiger partial charge in [-0.05, 0) is 38.5 Å². The summed E-state index contributed by atoms with van der Waals surface area (Å²) in [5.74, 6) is 3.25. The van der Waals surface area contributed by atoms with Crippen LogP contribution >= 0.6 is 0 Å².